The van der Waals surface area contributed by atoms with Gasteiger partial charge in [0.1, 0.15) is 0 Å². The lowest BCUT2D eigenvalue weighted by Gasteiger charge is -2.16. The topological polar surface area (TPSA) is 69.6 Å². The molecule has 0 fully saturated rings. The molecular weight excluding hydrogens is 218 g/mol. The van der Waals surface area contributed by atoms with E-state index in [0.717, 1.165) is 17.5 Å². The van der Waals surface area contributed by atoms with Crippen LogP contribution in [0.1, 0.15) is 29.2 Å². The number of aryl methyl sites for hydroxylation is 1. The Morgan fingerprint density at radius 3 is 3.00 bits per heavy atom. The van der Waals surface area contributed by atoms with E-state index in [4.69, 9.17) is 5.11 Å². The maximum atomic E-state index is 10.4. The van der Waals surface area contributed by atoms with Gasteiger partial charge in [-0.05, 0) is 24.5 Å². The molecule has 4 heteroatoms. The summed E-state index contributed by atoms with van der Waals surface area (Å²) in [5, 5.41) is 21.7. The Kier molecular flexibility index (Phi) is 3.45. The van der Waals surface area contributed by atoms with Gasteiger partial charge < -0.3 is 15.5 Å². The molecule has 1 aliphatic carbocycles. The standard InChI is InChI=1S/C13H17NO3/c1-8-2-3-10-9(6-8)7-11(13(10)17)14-5-4-12(15)16/h2-3,6,11,13-14,17H,4-5,7H2,1H3,(H,15,16). The molecule has 0 saturated carbocycles. The zero-order valence-corrected chi connectivity index (χ0v) is 9.81. The van der Waals surface area contributed by atoms with Gasteiger partial charge in [0.05, 0.1) is 12.5 Å². The maximum Gasteiger partial charge on any atom is 0.304 e. The van der Waals surface area contributed by atoms with Crippen molar-refractivity contribution in [3.63, 3.8) is 0 Å². The fourth-order valence-corrected chi connectivity index (χ4v) is 2.31. The van der Waals surface area contributed by atoms with Crippen molar-refractivity contribution >= 4 is 5.97 Å². The third-order valence-corrected chi connectivity index (χ3v) is 3.18. The monoisotopic (exact) mass is 235 g/mol. The molecule has 1 aromatic carbocycles. The molecule has 2 unspecified atom stereocenters. The zero-order valence-electron chi connectivity index (χ0n) is 9.81. The maximum absolute atomic E-state index is 10.4. The first kappa shape index (κ1) is 12.1. The molecule has 1 aromatic rings. The minimum Gasteiger partial charge on any atom is -0.481 e. The summed E-state index contributed by atoms with van der Waals surface area (Å²) < 4.78 is 0. The molecule has 0 heterocycles. The van der Waals surface area contributed by atoms with Gasteiger partial charge in [0.2, 0.25) is 0 Å². The summed E-state index contributed by atoms with van der Waals surface area (Å²) >= 11 is 0. The van der Waals surface area contributed by atoms with Crippen LogP contribution in [0.3, 0.4) is 0 Å². The van der Waals surface area contributed by atoms with E-state index in [1.807, 2.05) is 19.1 Å². The first-order valence-corrected chi connectivity index (χ1v) is 5.80. The Balaban J connectivity index is 1.99. The third-order valence-electron chi connectivity index (χ3n) is 3.18. The molecule has 0 bridgehead atoms. The number of aliphatic hydroxyl groups is 1. The second-order valence-corrected chi connectivity index (χ2v) is 4.56. The highest BCUT2D eigenvalue weighted by Gasteiger charge is 2.30. The van der Waals surface area contributed by atoms with Crippen LogP contribution in [-0.4, -0.2) is 28.8 Å². The summed E-state index contributed by atoms with van der Waals surface area (Å²) in [4.78, 5) is 10.4. The van der Waals surface area contributed by atoms with Crippen LogP contribution in [0.15, 0.2) is 18.2 Å². The lowest BCUT2D eigenvalue weighted by atomic mass is 10.1. The highest BCUT2D eigenvalue weighted by molar-refractivity contribution is 5.66. The van der Waals surface area contributed by atoms with Crippen LogP contribution in [0, 0.1) is 6.92 Å². The number of aliphatic carboxylic acids is 1. The van der Waals surface area contributed by atoms with Crippen LogP contribution in [0.2, 0.25) is 0 Å². The number of rotatable bonds is 4. The summed E-state index contributed by atoms with van der Waals surface area (Å²) in [5.74, 6) is -0.821. The fourth-order valence-electron chi connectivity index (χ4n) is 2.31. The minimum absolute atomic E-state index is 0.0638. The van der Waals surface area contributed by atoms with Gasteiger partial charge in [0.15, 0.2) is 0 Å². The Morgan fingerprint density at radius 2 is 2.29 bits per heavy atom. The molecule has 0 aromatic heterocycles. The molecule has 0 saturated heterocycles. The number of carbonyl (C=O) groups is 1. The Labute approximate surface area is 100 Å². The average Bonchev–Trinajstić information content (AvgIpc) is 2.55. The first-order valence-electron chi connectivity index (χ1n) is 5.80. The summed E-state index contributed by atoms with van der Waals surface area (Å²) in [7, 11) is 0. The van der Waals surface area contributed by atoms with Crippen molar-refractivity contribution in [2.24, 2.45) is 0 Å². The summed E-state index contributed by atoms with van der Waals surface area (Å²) in [6.07, 6.45) is 0.315. The van der Waals surface area contributed by atoms with Crippen molar-refractivity contribution in [3.05, 3.63) is 34.9 Å². The van der Waals surface area contributed by atoms with Crippen LogP contribution < -0.4 is 5.32 Å². The number of fused-ring (bicyclic) bond motifs is 1. The van der Waals surface area contributed by atoms with E-state index in [1.165, 1.54) is 5.56 Å². The number of aliphatic hydroxyl groups excluding tert-OH is 1. The molecule has 0 radical (unpaired) electrons. The molecule has 0 spiro atoms. The lowest BCUT2D eigenvalue weighted by Crippen LogP contribution is -2.34. The molecule has 92 valence electrons. The van der Waals surface area contributed by atoms with Gasteiger partial charge in [-0.1, -0.05) is 23.8 Å². The second-order valence-electron chi connectivity index (χ2n) is 4.56. The van der Waals surface area contributed by atoms with Crippen LogP contribution >= 0.6 is 0 Å². The number of nitrogens with one attached hydrogen (secondary N) is 1. The molecule has 4 nitrogen and oxygen atoms in total. The van der Waals surface area contributed by atoms with Crippen molar-refractivity contribution in [1.82, 2.24) is 5.32 Å². The van der Waals surface area contributed by atoms with E-state index < -0.39 is 12.1 Å². The molecular formula is C13H17NO3. The van der Waals surface area contributed by atoms with Crippen LogP contribution in [0.25, 0.3) is 0 Å². The zero-order chi connectivity index (χ0) is 12.4. The molecule has 0 amide bonds. The highest BCUT2D eigenvalue weighted by Crippen LogP contribution is 2.31. The van der Waals surface area contributed by atoms with E-state index >= 15 is 0 Å². The van der Waals surface area contributed by atoms with Crippen molar-refractivity contribution in [3.8, 4) is 0 Å². The molecule has 3 N–H and O–H groups in total. The minimum atomic E-state index is -0.821. The quantitative estimate of drug-likeness (QED) is 0.728. The van der Waals surface area contributed by atoms with E-state index in [-0.39, 0.29) is 12.5 Å². The van der Waals surface area contributed by atoms with Crippen LogP contribution in [0.4, 0.5) is 0 Å². The Bertz CT molecular complexity index is 431. The number of benzene rings is 1. The summed E-state index contributed by atoms with van der Waals surface area (Å²) in [5.41, 5.74) is 3.30. The van der Waals surface area contributed by atoms with Gasteiger partial charge in [0.25, 0.3) is 0 Å². The number of carboxylic acids is 1. The van der Waals surface area contributed by atoms with Crippen LogP contribution in [0.5, 0.6) is 0 Å². The predicted molar refractivity (Wildman–Crippen MR) is 63.9 cm³/mol. The van der Waals surface area contributed by atoms with E-state index in [9.17, 15) is 9.90 Å². The SMILES string of the molecule is Cc1ccc2c(c1)CC(NCCC(=O)O)C2O. The third kappa shape index (κ3) is 2.65. The van der Waals surface area contributed by atoms with Gasteiger partial charge in [0, 0.05) is 12.6 Å². The Morgan fingerprint density at radius 1 is 1.53 bits per heavy atom. The first-order chi connectivity index (χ1) is 8.08. The number of hydrogen-bond donors (Lipinski definition) is 3. The molecule has 1 aliphatic rings. The lowest BCUT2D eigenvalue weighted by molar-refractivity contribution is -0.136. The predicted octanol–water partition coefficient (Wildman–Crippen LogP) is 1.02. The summed E-state index contributed by atoms with van der Waals surface area (Å²) in [6.45, 7) is 2.42. The summed E-state index contributed by atoms with van der Waals surface area (Å²) in [6, 6.07) is 5.96. The molecule has 17 heavy (non-hydrogen) atoms. The van der Waals surface area contributed by atoms with Gasteiger partial charge in [-0.15, -0.1) is 0 Å². The van der Waals surface area contributed by atoms with E-state index in [2.05, 4.69) is 11.4 Å². The molecule has 0 aliphatic heterocycles. The van der Waals surface area contributed by atoms with Gasteiger partial charge in [-0.25, -0.2) is 0 Å². The van der Waals surface area contributed by atoms with Crippen LogP contribution in [-0.2, 0) is 11.2 Å². The van der Waals surface area contributed by atoms with Gasteiger partial charge in [-0.3, -0.25) is 4.79 Å². The highest BCUT2D eigenvalue weighted by atomic mass is 16.4. The van der Waals surface area contributed by atoms with Crippen molar-refractivity contribution in [2.75, 3.05) is 6.54 Å². The van der Waals surface area contributed by atoms with Gasteiger partial charge in [-0.2, -0.15) is 0 Å². The largest absolute Gasteiger partial charge is 0.481 e. The number of hydrogen-bond acceptors (Lipinski definition) is 3. The molecule has 2 rings (SSSR count). The molecule has 2 atom stereocenters. The second kappa shape index (κ2) is 4.85. The van der Waals surface area contributed by atoms with Crippen molar-refractivity contribution in [1.29, 1.82) is 0 Å². The van der Waals surface area contributed by atoms with Gasteiger partial charge >= 0.3 is 5.97 Å². The average molecular weight is 235 g/mol. The Hall–Kier alpha value is -1.39. The van der Waals surface area contributed by atoms with E-state index in [0.29, 0.717) is 6.54 Å². The fraction of sp³-hybridized carbons (Fsp3) is 0.462. The normalized spacial score (nSPS) is 22.5. The van der Waals surface area contributed by atoms with Crippen molar-refractivity contribution < 1.29 is 15.0 Å². The number of carboxylic acid groups (broad SMARTS) is 1. The smallest absolute Gasteiger partial charge is 0.304 e. The van der Waals surface area contributed by atoms with E-state index in [1.54, 1.807) is 0 Å². The van der Waals surface area contributed by atoms with Crippen molar-refractivity contribution in [2.45, 2.75) is 31.9 Å².